The minimum Gasteiger partial charge on any atom is -0.464 e. The average Bonchev–Trinajstić information content (AvgIpc) is 3.22. The highest BCUT2D eigenvalue weighted by atomic mass is 19.4. The normalized spacial score (nSPS) is 14.6. The van der Waals surface area contributed by atoms with Gasteiger partial charge in [0.1, 0.15) is 17.3 Å². The van der Waals surface area contributed by atoms with Crippen molar-refractivity contribution in [2.75, 3.05) is 0 Å². The Kier molecular flexibility index (Phi) is 3.67. The topological polar surface area (TPSA) is 31.0 Å². The lowest BCUT2D eigenvalue weighted by molar-refractivity contribution is -0.142. The van der Waals surface area contributed by atoms with Crippen molar-refractivity contribution in [1.29, 1.82) is 0 Å². The van der Waals surface area contributed by atoms with Crippen LogP contribution in [0.2, 0.25) is 0 Å². The van der Waals surface area contributed by atoms with Gasteiger partial charge in [0.05, 0.1) is 6.26 Å². The van der Waals surface area contributed by atoms with Gasteiger partial charge in [0.2, 0.25) is 0 Å². The van der Waals surface area contributed by atoms with E-state index in [9.17, 15) is 17.6 Å². The first-order chi connectivity index (χ1) is 11.9. The van der Waals surface area contributed by atoms with Crippen LogP contribution in [0, 0.1) is 5.82 Å². The monoisotopic (exact) mass is 350 g/mol. The van der Waals surface area contributed by atoms with Gasteiger partial charge in [0, 0.05) is 16.8 Å². The molecule has 0 unspecified atom stereocenters. The Hall–Kier alpha value is -2.57. The van der Waals surface area contributed by atoms with E-state index in [0.29, 0.717) is 36.3 Å². The average molecular weight is 350 g/mol. The van der Waals surface area contributed by atoms with Gasteiger partial charge in [0.25, 0.3) is 0 Å². The van der Waals surface area contributed by atoms with Gasteiger partial charge >= 0.3 is 6.18 Å². The first-order valence-corrected chi connectivity index (χ1v) is 7.97. The molecule has 0 aliphatic heterocycles. The number of benzene rings is 1. The summed E-state index contributed by atoms with van der Waals surface area (Å²) in [4.78, 5) is 0. The highest BCUT2D eigenvalue weighted by Crippen LogP contribution is 2.37. The lowest BCUT2D eigenvalue weighted by Crippen LogP contribution is -2.11. The maximum absolute atomic E-state index is 14.6. The first kappa shape index (κ1) is 15.9. The second-order valence-electron chi connectivity index (χ2n) is 6.03. The van der Waals surface area contributed by atoms with E-state index in [4.69, 9.17) is 4.42 Å². The molecule has 4 rings (SSSR count). The van der Waals surface area contributed by atoms with E-state index in [0.717, 1.165) is 11.1 Å². The van der Waals surface area contributed by atoms with Gasteiger partial charge in [-0.25, -0.2) is 9.07 Å². The summed E-state index contributed by atoms with van der Waals surface area (Å²) in [6, 6.07) is 7.67. The first-order valence-electron chi connectivity index (χ1n) is 7.97. The Morgan fingerprint density at radius 3 is 2.56 bits per heavy atom. The molecule has 130 valence electrons. The molecule has 2 aromatic heterocycles. The molecular weight excluding hydrogens is 336 g/mol. The molecule has 0 amide bonds. The highest BCUT2D eigenvalue weighted by Gasteiger charge is 2.40. The largest absolute Gasteiger partial charge is 0.464 e. The predicted octanol–water partition coefficient (Wildman–Crippen LogP) is 5.17. The number of nitrogens with zero attached hydrogens (tertiary/aromatic N) is 2. The molecule has 1 aliphatic rings. The number of hydrogen-bond donors (Lipinski definition) is 0. The van der Waals surface area contributed by atoms with Crippen molar-refractivity contribution in [2.24, 2.45) is 0 Å². The summed E-state index contributed by atoms with van der Waals surface area (Å²) >= 11 is 0. The van der Waals surface area contributed by atoms with Crippen molar-refractivity contribution in [1.82, 2.24) is 9.78 Å². The summed E-state index contributed by atoms with van der Waals surface area (Å²) < 4.78 is 60.8. The molecule has 0 spiro atoms. The quantitative estimate of drug-likeness (QED) is 0.597. The smallest absolute Gasteiger partial charge is 0.435 e. The van der Waals surface area contributed by atoms with Gasteiger partial charge in [-0.1, -0.05) is 0 Å². The number of halogens is 4. The van der Waals surface area contributed by atoms with Crippen LogP contribution in [0.5, 0.6) is 0 Å². The highest BCUT2D eigenvalue weighted by molar-refractivity contribution is 5.59. The maximum atomic E-state index is 14.6. The molecule has 0 radical (unpaired) electrons. The molecule has 7 heteroatoms. The van der Waals surface area contributed by atoms with E-state index >= 15 is 0 Å². The van der Waals surface area contributed by atoms with E-state index in [-0.39, 0.29) is 11.3 Å². The summed E-state index contributed by atoms with van der Waals surface area (Å²) in [7, 11) is 0. The van der Waals surface area contributed by atoms with E-state index in [1.165, 1.54) is 18.4 Å². The van der Waals surface area contributed by atoms with Crippen LogP contribution in [0.25, 0.3) is 17.0 Å². The van der Waals surface area contributed by atoms with Gasteiger partial charge in [-0.2, -0.15) is 18.3 Å². The summed E-state index contributed by atoms with van der Waals surface area (Å²) in [5.74, 6) is -0.151. The standard InChI is InChI=1S/C18H14F4N2O/c19-13-10-11(16-6-3-9-25-16)7-8-15(13)24-14-5-2-1-4-12(14)17(23-24)18(20,21)22/h3,6-10H,1-2,4-5H2. The minimum atomic E-state index is -4.54. The second kappa shape index (κ2) is 5.75. The van der Waals surface area contributed by atoms with Crippen molar-refractivity contribution in [3.8, 4) is 17.0 Å². The zero-order valence-corrected chi connectivity index (χ0v) is 13.1. The van der Waals surface area contributed by atoms with Gasteiger partial charge in [-0.3, -0.25) is 0 Å². The van der Waals surface area contributed by atoms with Crippen LogP contribution in [0.3, 0.4) is 0 Å². The third-order valence-electron chi connectivity index (χ3n) is 4.43. The maximum Gasteiger partial charge on any atom is 0.435 e. The molecule has 25 heavy (non-hydrogen) atoms. The molecule has 0 atom stereocenters. The zero-order valence-electron chi connectivity index (χ0n) is 13.1. The van der Waals surface area contributed by atoms with Gasteiger partial charge < -0.3 is 4.42 Å². The number of aromatic nitrogens is 2. The molecule has 1 aromatic carbocycles. The Morgan fingerprint density at radius 2 is 1.88 bits per heavy atom. The van der Waals surface area contributed by atoms with Crippen molar-refractivity contribution in [3.05, 3.63) is 59.4 Å². The van der Waals surface area contributed by atoms with Crippen LogP contribution < -0.4 is 0 Å². The summed E-state index contributed by atoms with van der Waals surface area (Å²) in [5.41, 5.74) is 0.264. The second-order valence-corrected chi connectivity index (χ2v) is 6.03. The van der Waals surface area contributed by atoms with Gasteiger partial charge in [-0.05, 0) is 56.0 Å². The number of fused-ring (bicyclic) bond motifs is 1. The van der Waals surface area contributed by atoms with Crippen molar-refractivity contribution < 1.29 is 22.0 Å². The fraction of sp³-hybridized carbons (Fsp3) is 0.278. The van der Waals surface area contributed by atoms with Gasteiger partial charge in [-0.15, -0.1) is 0 Å². The molecule has 3 aromatic rings. The number of alkyl halides is 3. The molecule has 0 saturated heterocycles. The van der Waals surface area contributed by atoms with Crippen LogP contribution in [0.1, 0.15) is 29.8 Å². The summed E-state index contributed by atoms with van der Waals surface area (Å²) in [6.07, 6.45) is -0.851. The molecule has 3 nitrogen and oxygen atoms in total. The fourth-order valence-corrected chi connectivity index (χ4v) is 3.30. The Bertz CT molecular complexity index is 910. The molecule has 0 N–H and O–H groups in total. The van der Waals surface area contributed by atoms with Gasteiger partial charge in [0.15, 0.2) is 5.69 Å². The Balaban J connectivity index is 1.84. The molecule has 0 saturated carbocycles. The molecule has 2 heterocycles. The molecule has 0 fully saturated rings. The van der Waals surface area contributed by atoms with Crippen LogP contribution in [-0.4, -0.2) is 9.78 Å². The summed E-state index contributed by atoms with van der Waals surface area (Å²) in [5, 5.41) is 3.71. The van der Waals surface area contributed by atoms with Crippen LogP contribution in [0.4, 0.5) is 17.6 Å². The number of hydrogen-bond acceptors (Lipinski definition) is 2. The van der Waals surface area contributed by atoms with E-state index in [1.54, 1.807) is 18.2 Å². The zero-order chi connectivity index (χ0) is 17.6. The minimum absolute atomic E-state index is 0.0176. The van der Waals surface area contributed by atoms with E-state index in [1.807, 2.05) is 0 Å². The third-order valence-corrected chi connectivity index (χ3v) is 4.43. The lowest BCUT2D eigenvalue weighted by Gasteiger charge is -2.15. The van der Waals surface area contributed by atoms with E-state index < -0.39 is 17.7 Å². The number of furan rings is 1. The van der Waals surface area contributed by atoms with Crippen molar-refractivity contribution in [2.45, 2.75) is 31.9 Å². The number of rotatable bonds is 2. The fourth-order valence-electron chi connectivity index (χ4n) is 3.30. The predicted molar refractivity (Wildman–Crippen MR) is 82.9 cm³/mol. The molecule has 1 aliphatic carbocycles. The SMILES string of the molecule is Fc1cc(-c2ccco2)ccc1-n1nc(C(F)(F)F)c2c1CCCC2. The van der Waals surface area contributed by atoms with Crippen LogP contribution in [0.15, 0.2) is 41.0 Å². The molecular formula is C18H14F4N2O. The molecule has 0 bridgehead atoms. The van der Waals surface area contributed by atoms with Crippen molar-refractivity contribution >= 4 is 0 Å². The summed E-state index contributed by atoms with van der Waals surface area (Å²) in [6.45, 7) is 0. The Labute approximate surface area is 140 Å². The van der Waals surface area contributed by atoms with Crippen LogP contribution in [-0.2, 0) is 19.0 Å². The third kappa shape index (κ3) is 2.73. The van der Waals surface area contributed by atoms with Crippen LogP contribution >= 0.6 is 0 Å². The van der Waals surface area contributed by atoms with Crippen molar-refractivity contribution in [3.63, 3.8) is 0 Å². The Morgan fingerprint density at radius 1 is 1.08 bits per heavy atom. The van der Waals surface area contributed by atoms with E-state index in [2.05, 4.69) is 5.10 Å². The lowest BCUT2D eigenvalue weighted by atomic mass is 9.95.